The van der Waals surface area contributed by atoms with Crippen LogP contribution in [-0.2, 0) is 5.41 Å². The molecule has 2 aliphatic rings. The molecule has 15 heavy (non-hydrogen) atoms. The first-order valence-corrected chi connectivity index (χ1v) is 6.84. The van der Waals surface area contributed by atoms with Crippen LogP contribution in [0.15, 0.2) is 17.5 Å². The van der Waals surface area contributed by atoms with Gasteiger partial charge >= 0.3 is 0 Å². The molecular weight excluding hydrogens is 202 g/mol. The van der Waals surface area contributed by atoms with Crippen LogP contribution in [0.1, 0.15) is 38.0 Å². The van der Waals surface area contributed by atoms with E-state index in [-0.39, 0.29) is 5.54 Å². The molecule has 0 bridgehead atoms. The summed E-state index contributed by atoms with van der Waals surface area (Å²) < 4.78 is 0. The van der Waals surface area contributed by atoms with Gasteiger partial charge < -0.3 is 5.32 Å². The highest BCUT2D eigenvalue weighted by molar-refractivity contribution is 7.10. The smallest absolute Gasteiger partial charge is 0.0264 e. The molecule has 1 atom stereocenters. The first-order valence-electron chi connectivity index (χ1n) is 5.96. The maximum Gasteiger partial charge on any atom is 0.0264 e. The van der Waals surface area contributed by atoms with Gasteiger partial charge in [-0.25, -0.2) is 0 Å². The van der Waals surface area contributed by atoms with Gasteiger partial charge in [0.15, 0.2) is 0 Å². The number of nitrogens with one attached hydrogen (secondary N) is 1. The first-order chi connectivity index (χ1) is 7.17. The van der Waals surface area contributed by atoms with Gasteiger partial charge in [-0.1, -0.05) is 6.07 Å². The predicted molar refractivity (Wildman–Crippen MR) is 65.4 cm³/mol. The van der Waals surface area contributed by atoms with Crippen molar-refractivity contribution in [3.8, 4) is 0 Å². The van der Waals surface area contributed by atoms with E-state index in [1.807, 2.05) is 11.3 Å². The zero-order valence-electron chi connectivity index (χ0n) is 9.55. The molecule has 82 valence electrons. The molecule has 0 amide bonds. The Morgan fingerprint density at radius 2 is 2.20 bits per heavy atom. The van der Waals surface area contributed by atoms with E-state index in [1.165, 1.54) is 25.8 Å². The Balaban J connectivity index is 2.09. The summed E-state index contributed by atoms with van der Waals surface area (Å²) in [5, 5.41) is 5.93. The van der Waals surface area contributed by atoms with Gasteiger partial charge in [0.25, 0.3) is 0 Å². The van der Waals surface area contributed by atoms with Gasteiger partial charge in [0, 0.05) is 15.8 Å². The molecule has 2 heterocycles. The van der Waals surface area contributed by atoms with Crippen LogP contribution in [0.5, 0.6) is 0 Å². The van der Waals surface area contributed by atoms with Gasteiger partial charge in [-0.05, 0) is 57.0 Å². The highest BCUT2D eigenvalue weighted by Gasteiger charge is 2.58. The van der Waals surface area contributed by atoms with E-state index in [1.54, 1.807) is 4.88 Å². The summed E-state index contributed by atoms with van der Waals surface area (Å²) in [5.74, 6) is 0.932. The standard InChI is InChI=1S/C13H19NS/c1-12(2)13(7-8-14-12,10-5-6-10)11-4-3-9-15-11/h3-4,9-10,14H,5-8H2,1-2H3. The molecule has 1 aliphatic heterocycles. The fraction of sp³-hybridized carbons (Fsp3) is 0.692. The van der Waals surface area contributed by atoms with Crippen molar-refractivity contribution in [3.63, 3.8) is 0 Å². The van der Waals surface area contributed by atoms with Crippen molar-refractivity contribution in [1.29, 1.82) is 0 Å². The molecule has 1 unspecified atom stereocenters. The normalized spacial score (nSPS) is 34.5. The average molecular weight is 221 g/mol. The second-order valence-corrected chi connectivity index (χ2v) is 6.47. The van der Waals surface area contributed by atoms with Crippen molar-refractivity contribution >= 4 is 11.3 Å². The lowest BCUT2D eigenvalue weighted by Crippen LogP contribution is -2.50. The van der Waals surface area contributed by atoms with Gasteiger partial charge in [0.2, 0.25) is 0 Å². The first kappa shape index (κ1) is 9.86. The average Bonchev–Trinajstić information content (AvgIpc) is 2.76. The zero-order valence-corrected chi connectivity index (χ0v) is 10.4. The fourth-order valence-electron chi connectivity index (χ4n) is 3.50. The van der Waals surface area contributed by atoms with Crippen LogP contribution in [0, 0.1) is 5.92 Å². The second kappa shape index (κ2) is 3.08. The Labute approximate surface area is 95.9 Å². The Bertz CT molecular complexity index is 351. The Morgan fingerprint density at radius 1 is 1.40 bits per heavy atom. The van der Waals surface area contributed by atoms with Gasteiger partial charge in [-0.2, -0.15) is 0 Å². The van der Waals surface area contributed by atoms with Crippen LogP contribution in [0.25, 0.3) is 0 Å². The van der Waals surface area contributed by atoms with Gasteiger partial charge in [0.05, 0.1) is 0 Å². The van der Waals surface area contributed by atoms with E-state index < -0.39 is 0 Å². The highest BCUT2D eigenvalue weighted by atomic mass is 32.1. The molecule has 2 fully saturated rings. The van der Waals surface area contributed by atoms with Crippen molar-refractivity contribution < 1.29 is 0 Å². The van der Waals surface area contributed by atoms with Crippen molar-refractivity contribution in [2.45, 2.75) is 44.1 Å². The maximum atomic E-state index is 3.70. The Morgan fingerprint density at radius 3 is 2.67 bits per heavy atom. The highest BCUT2D eigenvalue weighted by Crippen LogP contribution is 2.58. The van der Waals surface area contributed by atoms with Gasteiger partial charge in [0.1, 0.15) is 0 Å². The van der Waals surface area contributed by atoms with Crippen LogP contribution in [0.3, 0.4) is 0 Å². The molecule has 1 aromatic rings. The predicted octanol–water partition coefficient (Wildman–Crippen LogP) is 3.17. The third-order valence-corrected chi connectivity index (χ3v) is 5.48. The molecule has 3 rings (SSSR count). The van der Waals surface area contributed by atoms with Crippen molar-refractivity contribution in [3.05, 3.63) is 22.4 Å². The summed E-state index contributed by atoms with van der Waals surface area (Å²) >= 11 is 1.95. The van der Waals surface area contributed by atoms with Crippen molar-refractivity contribution in [2.24, 2.45) is 5.92 Å². The molecule has 1 nitrogen and oxygen atoms in total. The van der Waals surface area contributed by atoms with E-state index in [9.17, 15) is 0 Å². The summed E-state index contributed by atoms with van der Waals surface area (Å²) in [6.45, 7) is 5.96. The van der Waals surface area contributed by atoms with E-state index in [2.05, 4.69) is 36.7 Å². The maximum absolute atomic E-state index is 3.70. The molecule has 0 spiro atoms. The molecule has 1 N–H and O–H groups in total. The molecular formula is C13H19NS. The minimum Gasteiger partial charge on any atom is -0.311 e. The second-order valence-electron chi connectivity index (χ2n) is 5.52. The van der Waals surface area contributed by atoms with Gasteiger partial charge in [-0.3, -0.25) is 0 Å². The van der Waals surface area contributed by atoms with Gasteiger partial charge in [-0.15, -0.1) is 11.3 Å². The lowest BCUT2D eigenvalue weighted by atomic mass is 9.67. The summed E-state index contributed by atoms with van der Waals surface area (Å²) in [6, 6.07) is 4.55. The van der Waals surface area contributed by atoms with Crippen LogP contribution in [0.2, 0.25) is 0 Å². The molecule has 1 saturated carbocycles. The quantitative estimate of drug-likeness (QED) is 0.809. The van der Waals surface area contributed by atoms with Crippen LogP contribution >= 0.6 is 11.3 Å². The number of thiophene rings is 1. The zero-order chi connectivity index (χ0) is 10.5. The van der Waals surface area contributed by atoms with E-state index in [0.717, 1.165) is 5.92 Å². The monoisotopic (exact) mass is 221 g/mol. The van der Waals surface area contributed by atoms with Crippen molar-refractivity contribution in [2.75, 3.05) is 6.54 Å². The number of rotatable bonds is 2. The Kier molecular flexibility index (Phi) is 2.02. The van der Waals surface area contributed by atoms with Crippen LogP contribution in [-0.4, -0.2) is 12.1 Å². The minimum atomic E-state index is 0.277. The van der Waals surface area contributed by atoms with Crippen LogP contribution < -0.4 is 5.32 Å². The van der Waals surface area contributed by atoms with E-state index in [0.29, 0.717) is 5.41 Å². The van der Waals surface area contributed by atoms with Crippen molar-refractivity contribution in [1.82, 2.24) is 5.32 Å². The lowest BCUT2D eigenvalue weighted by Gasteiger charge is -2.41. The third-order valence-electron chi connectivity index (χ3n) is 4.44. The van der Waals surface area contributed by atoms with E-state index >= 15 is 0 Å². The van der Waals surface area contributed by atoms with E-state index in [4.69, 9.17) is 0 Å². The molecule has 0 radical (unpaired) electrons. The number of hydrogen-bond donors (Lipinski definition) is 1. The molecule has 0 aromatic carbocycles. The Hall–Kier alpha value is -0.340. The lowest BCUT2D eigenvalue weighted by molar-refractivity contribution is 0.242. The molecule has 2 heteroatoms. The summed E-state index contributed by atoms with van der Waals surface area (Å²) in [6.07, 6.45) is 4.19. The minimum absolute atomic E-state index is 0.277. The largest absolute Gasteiger partial charge is 0.311 e. The summed E-state index contributed by atoms with van der Waals surface area (Å²) in [4.78, 5) is 1.61. The third kappa shape index (κ3) is 1.24. The molecule has 1 aliphatic carbocycles. The molecule has 1 aromatic heterocycles. The number of hydrogen-bond acceptors (Lipinski definition) is 2. The summed E-state index contributed by atoms with van der Waals surface area (Å²) in [7, 11) is 0. The topological polar surface area (TPSA) is 12.0 Å². The fourth-order valence-corrected chi connectivity index (χ4v) is 4.69. The molecule has 1 saturated heterocycles. The van der Waals surface area contributed by atoms with Crippen LogP contribution in [0.4, 0.5) is 0 Å². The SMILES string of the molecule is CC1(C)NCCC1(c1cccs1)C1CC1. The summed E-state index contributed by atoms with van der Waals surface area (Å²) in [5.41, 5.74) is 0.709.